The third-order valence-corrected chi connectivity index (χ3v) is 2.51. The van der Waals surface area contributed by atoms with Crippen molar-refractivity contribution >= 4 is 5.88 Å². The maximum absolute atomic E-state index is 12.9. The van der Waals surface area contributed by atoms with Gasteiger partial charge in [-0.25, -0.2) is 8.78 Å². The number of hydrogen-bond acceptors (Lipinski definition) is 4. The van der Waals surface area contributed by atoms with Crippen molar-refractivity contribution in [3.63, 3.8) is 0 Å². The van der Waals surface area contributed by atoms with Crippen molar-refractivity contribution in [3.05, 3.63) is 29.3 Å². The molecule has 0 bridgehead atoms. The minimum atomic E-state index is -2.62. The predicted molar refractivity (Wildman–Crippen MR) is 62.6 cm³/mol. The molecule has 0 aliphatic heterocycles. The third-order valence-electron chi connectivity index (χ3n) is 2.51. The fourth-order valence-corrected chi connectivity index (χ4v) is 1.80. The SMILES string of the molecule is COc1c(-c2cc(N)on2)cc(C)cc1C(F)F. The highest BCUT2D eigenvalue weighted by Gasteiger charge is 2.20. The number of alkyl halides is 2. The Balaban J connectivity index is 2.65. The van der Waals surface area contributed by atoms with Crippen LogP contribution in [0.4, 0.5) is 14.7 Å². The number of benzene rings is 1. The first kappa shape index (κ1) is 12.3. The van der Waals surface area contributed by atoms with Gasteiger partial charge in [0, 0.05) is 11.6 Å². The quantitative estimate of drug-likeness (QED) is 0.913. The highest BCUT2D eigenvalue weighted by Crippen LogP contribution is 2.38. The van der Waals surface area contributed by atoms with E-state index in [1.54, 1.807) is 13.0 Å². The van der Waals surface area contributed by atoms with Gasteiger partial charge in [0.15, 0.2) is 0 Å². The Morgan fingerprint density at radius 2 is 2.06 bits per heavy atom. The largest absolute Gasteiger partial charge is 0.496 e. The predicted octanol–water partition coefficient (Wildman–Crippen LogP) is 3.18. The first-order chi connectivity index (χ1) is 8.52. The maximum atomic E-state index is 12.9. The van der Waals surface area contributed by atoms with E-state index >= 15 is 0 Å². The second kappa shape index (κ2) is 4.64. The molecule has 2 aromatic rings. The van der Waals surface area contributed by atoms with Crippen LogP contribution < -0.4 is 10.5 Å². The third kappa shape index (κ3) is 2.13. The second-order valence-corrected chi connectivity index (χ2v) is 3.85. The van der Waals surface area contributed by atoms with E-state index in [4.69, 9.17) is 15.0 Å². The van der Waals surface area contributed by atoms with Gasteiger partial charge >= 0.3 is 0 Å². The van der Waals surface area contributed by atoms with Crippen LogP contribution in [0.5, 0.6) is 5.75 Å². The Bertz CT molecular complexity index is 567. The molecule has 2 rings (SSSR count). The van der Waals surface area contributed by atoms with Crippen LogP contribution in [0.3, 0.4) is 0 Å². The van der Waals surface area contributed by atoms with E-state index in [0.717, 1.165) is 0 Å². The standard InChI is InChI=1S/C12H12F2N2O2/c1-6-3-7(9-5-10(15)18-16-9)11(17-2)8(4-6)12(13)14/h3-5,12H,15H2,1-2H3. The van der Waals surface area contributed by atoms with E-state index < -0.39 is 6.43 Å². The van der Waals surface area contributed by atoms with Crippen molar-refractivity contribution in [2.75, 3.05) is 12.8 Å². The molecule has 1 aromatic carbocycles. The second-order valence-electron chi connectivity index (χ2n) is 3.85. The van der Waals surface area contributed by atoms with Crippen LogP contribution >= 0.6 is 0 Å². The van der Waals surface area contributed by atoms with Crippen LogP contribution in [0.25, 0.3) is 11.3 Å². The highest BCUT2D eigenvalue weighted by atomic mass is 19.3. The summed E-state index contributed by atoms with van der Waals surface area (Å²) in [6.45, 7) is 1.72. The van der Waals surface area contributed by atoms with E-state index in [1.807, 2.05) is 0 Å². The average Bonchev–Trinajstić information content (AvgIpc) is 2.74. The van der Waals surface area contributed by atoms with Crippen LogP contribution in [0, 0.1) is 6.92 Å². The molecule has 0 aliphatic rings. The molecule has 0 atom stereocenters. The van der Waals surface area contributed by atoms with Gasteiger partial charge in [-0.1, -0.05) is 5.16 Å². The first-order valence-electron chi connectivity index (χ1n) is 5.22. The molecule has 2 N–H and O–H groups in total. The summed E-state index contributed by atoms with van der Waals surface area (Å²) < 4.78 is 35.7. The summed E-state index contributed by atoms with van der Waals surface area (Å²) in [5.41, 5.74) is 6.74. The summed E-state index contributed by atoms with van der Waals surface area (Å²) in [5.74, 6) is 0.205. The molecule has 4 nitrogen and oxygen atoms in total. The van der Waals surface area contributed by atoms with E-state index in [0.29, 0.717) is 16.8 Å². The van der Waals surface area contributed by atoms with Crippen LogP contribution in [0.1, 0.15) is 17.6 Å². The summed E-state index contributed by atoms with van der Waals surface area (Å²) in [4.78, 5) is 0. The van der Waals surface area contributed by atoms with E-state index in [1.165, 1.54) is 19.2 Å². The zero-order valence-corrected chi connectivity index (χ0v) is 9.91. The molecule has 0 spiro atoms. The smallest absolute Gasteiger partial charge is 0.267 e. The monoisotopic (exact) mass is 254 g/mol. The number of rotatable bonds is 3. The summed E-state index contributed by atoms with van der Waals surface area (Å²) in [6.07, 6.45) is -2.62. The molecule has 0 saturated heterocycles. The summed E-state index contributed by atoms with van der Waals surface area (Å²) in [6, 6.07) is 4.55. The fraction of sp³-hybridized carbons (Fsp3) is 0.250. The minimum absolute atomic E-state index is 0.0869. The van der Waals surface area contributed by atoms with Crippen molar-refractivity contribution in [2.24, 2.45) is 0 Å². The Labute approximate surface area is 102 Å². The molecule has 1 aromatic heterocycles. The number of halogens is 2. The molecule has 6 heteroatoms. The van der Waals surface area contributed by atoms with Gasteiger partial charge < -0.3 is 15.0 Å². The lowest BCUT2D eigenvalue weighted by Crippen LogP contribution is -1.97. The van der Waals surface area contributed by atoms with Crippen LogP contribution in [-0.2, 0) is 0 Å². The number of anilines is 1. The van der Waals surface area contributed by atoms with Gasteiger partial charge in [0.25, 0.3) is 6.43 Å². The normalized spacial score (nSPS) is 10.9. The van der Waals surface area contributed by atoms with Crippen LogP contribution in [0.15, 0.2) is 22.7 Å². The number of ether oxygens (including phenoxy) is 1. The molecule has 0 saturated carbocycles. The number of aromatic nitrogens is 1. The van der Waals surface area contributed by atoms with Gasteiger partial charge in [-0.15, -0.1) is 0 Å². The molecule has 96 valence electrons. The molecule has 0 aliphatic carbocycles. The van der Waals surface area contributed by atoms with E-state index in [9.17, 15) is 8.78 Å². The maximum Gasteiger partial charge on any atom is 0.267 e. The lowest BCUT2D eigenvalue weighted by atomic mass is 10.0. The molecule has 1 heterocycles. The molecule has 0 unspecified atom stereocenters. The highest BCUT2D eigenvalue weighted by molar-refractivity contribution is 5.71. The van der Waals surface area contributed by atoms with Gasteiger partial charge in [0.1, 0.15) is 11.4 Å². The molecule has 0 radical (unpaired) electrons. The number of methoxy groups -OCH3 is 1. The lowest BCUT2D eigenvalue weighted by molar-refractivity contribution is 0.147. The van der Waals surface area contributed by atoms with Crippen molar-refractivity contribution in [1.29, 1.82) is 0 Å². The van der Waals surface area contributed by atoms with Crippen LogP contribution in [0.2, 0.25) is 0 Å². The lowest BCUT2D eigenvalue weighted by Gasteiger charge is -2.12. The van der Waals surface area contributed by atoms with Gasteiger partial charge in [0.2, 0.25) is 5.88 Å². The van der Waals surface area contributed by atoms with Gasteiger partial charge in [-0.05, 0) is 24.6 Å². The van der Waals surface area contributed by atoms with Crippen molar-refractivity contribution < 1.29 is 18.0 Å². The number of hydrogen-bond donors (Lipinski definition) is 1. The molecule has 0 fully saturated rings. The van der Waals surface area contributed by atoms with Gasteiger partial charge in [-0.2, -0.15) is 0 Å². The zero-order valence-electron chi connectivity index (χ0n) is 9.91. The summed E-state index contributed by atoms with van der Waals surface area (Å²) in [7, 11) is 1.34. The topological polar surface area (TPSA) is 61.3 Å². The van der Waals surface area contributed by atoms with E-state index in [2.05, 4.69) is 5.16 Å². The Hall–Kier alpha value is -2.11. The van der Waals surface area contributed by atoms with Crippen molar-refractivity contribution in [1.82, 2.24) is 5.16 Å². The molecule has 18 heavy (non-hydrogen) atoms. The summed E-state index contributed by atoms with van der Waals surface area (Å²) in [5, 5.41) is 3.71. The number of nitrogen functional groups attached to an aromatic ring is 1. The van der Waals surface area contributed by atoms with Gasteiger partial charge in [0.05, 0.1) is 12.7 Å². The van der Waals surface area contributed by atoms with Crippen molar-refractivity contribution in [2.45, 2.75) is 13.3 Å². The number of nitrogens with two attached hydrogens (primary N) is 1. The number of aryl methyl sites for hydroxylation is 1. The summed E-state index contributed by atoms with van der Waals surface area (Å²) >= 11 is 0. The van der Waals surface area contributed by atoms with Crippen LogP contribution in [-0.4, -0.2) is 12.3 Å². The van der Waals surface area contributed by atoms with Crippen molar-refractivity contribution in [3.8, 4) is 17.0 Å². The number of nitrogens with zero attached hydrogens (tertiary/aromatic N) is 1. The Morgan fingerprint density at radius 1 is 1.33 bits per heavy atom. The molecule has 0 amide bonds. The average molecular weight is 254 g/mol. The Kier molecular flexibility index (Phi) is 3.18. The van der Waals surface area contributed by atoms with E-state index in [-0.39, 0.29) is 17.2 Å². The Morgan fingerprint density at radius 3 is 2.56 bits per heavy atom. The fourth-order valence-electron chi connectivity index (χ4n) is 1.80. The molecular weight excluding hydrogens is 242 g/mol. The molecular formula is C12H12F2N2O2. The first-order valence-corrected chi connectivity index (χ1v) is 5.22. The minimum Gasteiger partial charge on any atom is -0.496 e. The zero-order chi connectivity index (χ0) is 13.3. The van der Waals surface area contributed by atoms with Gasteiger partial charge in [-0.3, -0.25) is 0 Å².